The standard InChI is InChI=1S/C13H17N3O/c1-2-12(13-3-4-15-16(13)6-1)8-11-9-14-5-7-17-10-11/h1-4,6,11,14H,5,7-10H2/t11-/m0/s1. The predicted octanol–water partition coefficient (Wildman–Crippen LogP) is 1.11. The molecule has 1 atom stereocenters. The Morgan fingerprint density at radius 2 is 2.47 bits per heavy atom. The molecule has 90 valence electrons. The summed E-state index contributed by atoms with van der Waals surface area (Å²) in [6.45, 7) is 3.68. The van der Waals surface area contributed by atoms with Gasteiger partial charge in [0.15, 0.2) is 0 Å². The molecule has 1 fully saturated rings. The third-order valence-corrected chi connectivity index (χ3v) is 3.24. The Morgan fingerprint density at radius 1 is 1.47 bits per heavy atom. The van der Waals surface area contributed by atoms with Crippen LogP contribution in [0.25, 0.3) is 5.52 Å². The van der Waals surface area contributed by atoms with Crippen LogP contribution in [0.5, 0.6) is 0 Å². The molecule has 0 bridgehead atoms. The first-order valence-corrected chi connectivity index (χ1v) is 6.13. The molecule has 1 saturated heterocycles. The van der Waals surface area contributed by atoms with E-state index in [0.717, 1.165) is 32.7 Å². The van der Waals surface area contributed by atoms with Crippen LogP contribution >= 0.6 is 0 Å². The van der Waals surface area contributed by atoms with Crippen LogP contribution in [0, 0.1) is 5.92 Å². The quantitative estimate of drug-likeness (QED) is 0.841. The molecule has 1 N–H and O–H groups in total. The van der Waals surface area contributed by atoms with Crippen molar-refractivity contribution >= 4 is 5.52 Å². The molecule has 3 rings (SSSR count). The fourth-order valence-corrected chi connectivity index (χ4v) is 2.39. The summed E-state index contributed by atoms with van der Waals surface area (Å²) in [7, 11) is 0. The Kier molecular flexibility index (Phi) is 3.07. The third-order valence-electron chi connectivity index (χ3n) is 3.24. The monoisotopic (exact) mass is 231 g/mol. The van der Waals surface area contributed by atoms with E-state index in [-0.39, 0.29) is 0 Å². The molecule has 4 nitrogen and oxygen atoms in total. The summed E-state index contributed by atoms with van der Waals surface area (Å²) in [6.07, 6.45) is 4.88. The number of aromatic nitrogens is 2. The van der Waals surface area contributed by atoms with Crippen molar-refractivity contribution in [3.8, 4) is 0 Å². The van der Waals surface area contributed by atoms with E-state index in [1.807, 2.05) is 16.9 Å². The van der Waals surface area contributed by atoms with Gasteiger partial charge in [-0.25, -0.2) is 4.52 Å². The zero-order chi connectivity index (χ0) is 11.5. The van der Waals surface area contributed by atoms with Crippen LogP contribution in [0.2, 0.25) is 0 Å². The second-order valence-electron chi connectivity index (χ2n) is 4.54. The van der Waals surface area contributed by atoms with Crippen molar-refractivity contribution in [2.75, 3.05) is 26.3 Å². The van der Waals surface area contributed by atoms with Crippen LogP contribution in [-0.4, -0.2) is 35.9 Å². The van der Waals surface area contributed by atoms with Crippen molar-refractivity contribution in [2.45, 2.75) is 6.42 Å². The zero-order valence-electron chi connectivity index (χ0n) is 9.80. The van der Waals surface area contributed by atoms with Gasteiger partial charge in [-0.2, -0.15) is 5.10 Å². The summed E-state index contributed by atoms with van der Waals surface area (Å²) in [5.41, 5.74) is 2.55. The molecular formula is C13H17N3O. The Hall–Kier alpha value is -1.39. The lowest BCUT2D eigenvalue weighted by molar-refractivity contribution is 0.123. The minimum atomic E-state index is 0.554. The highest BCUT2D eigenvalue weighted by Gasteiger charge is 2.14. The van der Waals surface area contributed by atoms with Crippen molar-refractivity contribution in [3.63, 3.8) is 0 Å². The summed E-state index contributed by atoms with van der Waals surface area (Å²) in [5, 5.41) is 7.67. The minimum absolute atomic E-state index is 0.554. The van der Waals surface area contributed by atoms with E-state index in [0.29, 0.717) is 5.92 Å². The average Bonchev–Trinajstić information content (AvgIpc) is 2.69. The van der Waals surface area contributed by atoms with Crippen molar-refractivity contribution in [3.05, 3.63) is 36.2 Å². The number of ether oxygens (including phenoxy) is 1. The smallest absolute Gasteiger partial charge is 0.0693 e. The highest BCUT2D eigenvalue weighted by atomic mass is 16.5. The molecule has 0 radical (unpaired) electrons. The molecule has 3 heterocycles. The fourth-order valence-electron chi connectivity index (χ4n) is 2.39. The topological polar surface area (TPSA) is 38.6 Å². The van der Waals surface area contributed by atoms with Crippen molar-refractivity contribution in [1.82, 2.24) is 14.9 Å². The molecule has 1 aliphatic rings. The van der Waals surface area contributed by atoms with Gasteiger partial charge in [0.25, 0.3) is 0 Å². The molecule has 0 aliphatic carbocycles. The molecule has 2 aromatic heterocycles. The third kappa shape index (κ3) is 2.33. The van der Waals surface area contributed by atoms with Crippen LogP contribution in [0.15, 0.2) is 30.6 Å². The molecule has 0 aromatic carbocycles. The molecule has 4 heteroatoms. The number of hydrogen-bond acceptors (Lipinski definition) is 3. The van der Waals surface area contributed by atoms with E-state index in [9.17, 15) is 0 Å². The van der Waals surface area contributed by atoms with Crippen LogP contribution in [0.1, 0.15) is 5.56 Å². The minimum Gasteiger partial charge on any atom is -0.380 e. The lowest BCUT2D eigenvalue weighted by Gasteiger charge is -2.14. The highest BCUT2D eigenvalue weighted by molar-refractivity contribution is 5.53. The van der Waals surface area contributed by atoms with Gasteiger partial charge < -0.3 is 10.1 Å². The van der Waals surface area contributed by atoms with Crippen molar-refractivity contribution < 1.29 is 4.74 Å². The van der Waals surface area contributed by atoms with Crippen LogP contribution in [0.3, 0.4) is 0 Å². The number of hydrogen-bond donors (Lipinski definition) is 1. The first-order valence-electron chi connectivity index (χ1n) is 6.13. The summed E-state index contributed by atoms with van der Waals surface area (Å²) < 4.78 is 7.52. The van der Waals surface area contributed by atoms with E-state index in [1.165, 1.54) is 11.1 Å². The number of pyridine rings is 1. The van der Waals surface area contributed by atoms with Crippen LogP contribution < -0.4 is 5.32 Å². The molecule has 0 unspecified atom stereocenters. The molecule has 17 heavy (non-hydrogen) atoms. The molecule has 0 spiro atoms. The summed E-state index contributed by atoms with van der Waals surface area (Å²) in [4.78, 5) is 0. The zero-order valence-corrected chi connectivity index (χ0v) is 9.80. The number of rotatable bonds is 2. The summed E-state index contributed by atoms with van der Waals surface area (Å²) >= 11 is 0. The van der Waals surface area contributed by atoms with E-state index in [2.05, 4.69) is 28.6 Å². The number of fused-ring (bicyclic) bond motifs is 1. The van der Waals surface area contributed by atoms with E-state index >= 15 is 0 Å². The maximum absolute atomic E-state index is 5.59. The van der Waals surface area contributed by atoms with Gasteiger partial charge in [0, 0.05) is 25.5 Å². The van der Waals surface area contributed by atoms with Gasteiger partial charge in [-0.15, -0.1) is 0 Å². The largest absolute Gasteiger partial charge is 0.380 e. The van der Waals surface area contributed by atoms with Gasteiger partial charge >= 0.3 is 0 Å². The van der Waals surface area contributed by atoms with Gasteiger partial charge in [-0.05, 0) is 30.0 Å². The number of nitrogens with one attached hydrogen (secondary N) is 1. The maximum atomic E-state index is 5.59. The lowest BCUT2D eigenvalue weighted by Crippen LogP contribution is -2.24. The normalized spacial score (nSPS) is 21.5. The number of nitrogens with zero attached hydrogens (tertiary/aromatic N) is 2. The van der Waals surface area contributed by atoms with Gasteiger partial charge in [0.05, 0.1) is 18.7 Å². The molecule has 2 aromatic rings. The van der Waals surface area contributed by atoms with E-state index < -0.39 is 0 Å². The predicted molar refractivity (Wildman–Crippen MR) is 66.1 cm³/mol. The fraction of sp³-hybridized carbons (Fsp3) is 0.462. The Morgan fingerprint density at radius 3 is 3.47 bits per heavy atom. The summed E-state index contributed by atoms with van der Waals surface area (Å²) in [6, 6.07) is 6.31. The van der Waals surface area contributed by atoms with Crippen LogP contribution in [-0.2, 0) is 11.2 Å². The average molecular weight is 231 g/mol. The molecular weight excluding hydrogens is 214 g/mol. The second-order valence-corrected chi connectivity index (χ2v) is 4.54. The lowest BCUT2D eigenvalue weighted by atomic mass is 10.00. The Bertz CT molecular complexity index is 486. The first kappa shape index (κ1) is 10.7. The molecule has 0 saturated carbocycles. The van der Waals surface area contributed by atoms with Gasteiger partial charge in [-0.1, -0.05) is 6.07 Å². The van der Waals surface area contributed by atoms with E-state index in [4.69, 9.17) is 4.74 Å². The SMILES string of the molecule is c1cc(C[C@H]2CNCCOC2)c2ccnn2c1. The molecule has 1 aliphatic heterocycles. The highest BCUT2D eigenvalue weighted by Crippen LogP contribution is 2.15. The summed E-state index contributed by atoms with van der Waals surface area (Å²) in [5.74, 6) is 0.554. The second kappa shape index (κ2) is 4.85. The molecule has 0 amide bonds. The van der Waals surface area contributed by atoms with Crippen molar-refractivity contribution in [1.29, 1.82) is 0 Å². The van der Waals surface area contributed by atoms with Gasteiger partial charge in [-0.3, -0.25) is 0 Å². The van der Waals surface area contributed by atoms with Crippen molar-refractivity contribution in [2.24, 2.45) is 5.92 Å². The van der Waals surface area contributed by atoms with E-state index in [1.54, 1.807) is 0 Å². The van der Waals surface area contributed by atoms with Gasteiger partial charge in [0.2, 0.25) is 0 Å². The Balaban J connectivity index is 1.81. The first-order chi connectivity index (χ1) is 8.43. The van der Waals surface area contributed by atoms with Crippen LogP contribution in [0.4, 0.5) is 0 Å². The van der Waals surface area contributed by atoms with Gasteiger partial charge in [0.1, 0.15) is 0 Å². The Labute approximate surface area is 101 Å². The maximum Gasteiger partial charge on any atom is 0.0693 e.